The number of furan rings is 1. The molecule has 0 unspecified atom stereocenters. The summed E-state index contributed by atoms with van der Waals surface area (Å²) in [5, 5.41) is 6.64. The normalized spacial score (nSPS) is 10.8. The molecular formula is C19H20N2O4. The van der Waals surface area contributed by atoms with Gasteiger partial charge in [-0.2, -0.15) is 0 Å². The van der Waals surface area contributed by atoms with Crippen LogP contribution in [0.15, 0.2) is 57.7 Å². The lowest BCUT2D eigenvalue weighted by molar-refractivity contribution is -0.123. The van der Waals surface area contributed by atoms with Gasteiger partial charge in [0.15, 0.2) is 12.4 Å². The number of carbonyl (C=O) groups excluding carboxylic acids is 1. The summed E-state index contributed by atoms with van der Waals surface area (Å²) < 4.78 is 15.9. The highest BCUT2D eigenvalue weighted by atomic mass is 16.5. The van der Waals surface area contributed by atoms with E-state index in [9.17, 15) is 4.79 Å². The highest BCUT2D eigenvalue weighted by Gasteiger charge is 2.10. The Morgan fingerprint density at radius 1 is 1.20 bits per heavy atom. The SMILES string of the molecule is CC(C)c1ccc(OCC(=O)NCc2cc(-c3ccco3)on2)cc1. The van der Waals surface area contributed by atoms with Crippen molar-refractivity contribution in [1.82, 2.24) is 10.5 Å². The third-order valence-corrected chi connectivity index (χ3v) is 3.71. The number of rotatable bonds is 7. The lowest BCUT2D eigenvalue weighted by Crippen LogP contribution is -2.28. The van der Waals surface area contributed by atoms with E-state index in [1.807, 2.05) is 24.3 Å². The van der Waals surface area contributed by atoms with Crippen molar-refractivity contribution in [3.63, 3.8) is 0 Å². The minimum absolute atomic E-state index is 0.0517. The number of carbonyl (C=O) groups is 1. The van der Waals surface area contributed by atoms with Gasteiger partial charge in [-0.25, -0.2) is 0 Å². The standard InChI is InChI=1S/C19H20N2O4/c1-13(2)14-5-7-16(8-6-14)24-12-19(22)20-11-15-10-18(25-21-15)17-4-3-9-23-17/h3-10,13H,11-12H2,1-2H3,(H,20,22). The second-order valence-electron chi connectivity index (χ2n) is 5.95. The van der Waals surface area contributed by atoms with E-state index < -0.39 is 0 Å². The minimum atomic E-state index is -0.226. The quantitative estimate of drug-likeness (QED) is 0.709. The fourth-order valence-electron chi connectivity index (χ4n) is 2.27. The maximum absolute atomic E-state index is 11.9. The van der Waals surface area contributed by atoms with E-state index in [2.05, 4.69) is 24.3 Å². The van der Waals surface area contributed by atoms with Crippen molar-refractivity contribution in [3.8, 4) is 17.3 Å². The Morgan fingerprint density at radius 2 is 2.00 bits per heavy atom. The zero-order valence-electron chi connectivity index (χ0n) is 14.2. The molecule has 25 heavy (non-hydrogen) atoms. The van der Waals surface area contributed by atoms with Crippen molar-refractivity contribution in [1.29, 1.82) is 0 Å². The topological polar surface area (TPSA) is 77.5 Å². The van der Waals surface area contributed by atoms with Crippen LogP contribution in [0.4, 0.5) is 0 Å². The Labute approximate surface area is 145 Å². The van der Waals surface area contributed by atoms with Crippen LogP contribution in [0.25, 0.3) is 11.5 Å². The number of hydrogen-bond donors (Lipinski definition) is 1. The van der Waals surface area contributed by atoms with Crippen molar-refractivity contribution >= 4 is 5.91 Å². The Balaban J connectivity index is 1.45. The fraction of sp³-hybridized carbons (Fsp3) is 0.263. The molecule has 1 aromatic carbocycles. The summed E-state index contributed by atoms with van der Waals surface area (Å²) in [5.41, 5.74) is 1.84. The monoisotopic (exact) mass is 340 g/mol. The largest absolute Gasteiger partial charge is 0.484 e. The predicted molar refractivity (Wildman–Crippen MR) is 92.1 cm³/mol. The minimum Gasteiger partial charge on any atom is -0.484 e. The van der Waals surface area contributed by atoms with E-state index in [1.54, 1.807) is 24.5 Å². The first kappa shape index (κ1) is 16.8. The van der Waals surface area contributed by atoms with Gasteiger partial charge in [-0.15, -0.1) is 0 Å². The van der Waals surface area contributed by atoms with Gasteiger partial charge in [-0.1, -0.05) is 31.1 Å². The molecule has 0 atom stereocenters. The van der Waals surface area contributed by atoms with Crippen LogP contribution < -0.4 is 10.1 Å². The van der Waals surface area contributed by atoms with Gasteiger partial charge >= 0.3 is 0 Å². The number of aromatic nitrogens is 1. The molecule has 0 fully saturated rings. The summed E-state index contributed by atoms with van der Waals surface area (Å²) in [5.74, 6) is 2.02. The molecule has 3 aromatic rings. The van der Waals surface area contributed by atoms with Gasteiger partial charge < -0.3 is 19.0 Å². The molecule has 0 saturated heterocycles. The van der Waals surface area contributed by atoms with Crippen molar-refractivity contribution in [2.45, 2.75) is 26.3 Å². The maximum atomic E-state index is 11.9. The smallest absolute Gasteiger partial charge is 0.258 e. The van der Waals surface area contributed by atoms with Gasteiger partial charge in [-0.05, 0) is 35.7 Å². The zero-order chi connectivity index (χ0) is 17.6. The van der Waals surface area contributed by atoms with Crippen LogP contribution in [-0.2, 0) is 11.3 Å². The highest BCUT2D eigenvalue weighted by molar-refractivity contribution is 5.77. The number of nitrogens with zero attached hydrogens (tertiary/aromatic N) is 1. The summed E-state index contributed by atoms with van der Waals surface area (Å²) in [4.78, 5) is 11.9. The summed E-state index contributed by atoms with van der Waals surface area (Å²) in [7, 11) is 0. The molecule has 0 radical (unpaired) electrons. The first-order valence-corrected chi connectivity index (χ1v) is 8.11. The number of ether oxygens (including phenoxy) is 1. The van der Waals surface area contributed by atoms with Crippen LogP contribution in [0.2, 0.25) is 0 Å². The van der Waals surface area contributed by atoms with Gasteiger partial charge in [0.1, 0.15) is 11.4 Å². The highest BCUT2D eigenvalue weighted by Crippen LogP contribution is 2.20. The van der Waals surface area contributed by atoms with Crippen molar-refractivity contribution in [2.24, 2.45) is 0 Å². The summed E-state index contributed by atoms with van der Waals surface area (Å²) in [6, 6.07) is 13.0. The summed E-state index contributed by atoms with van der Waals surface area (Å²) in [6.45, 7) is 4.47. The van der Waals surface area contributed by atoms with Gasteiger partial charge in [0, 0.05) is 6.07 Å². The molecule has 0 bridgehead atoms. The molecule has 0 spiro atoms. The van der Waals surface area contributed by atoms with Crippen LogP contribution in [-0.4, -0.2) is 17.7 Å². The van der Waals surface area contributed by atoms with Crippen LogP contribution in [0.1, 0.15) is 31.0 Å². The van der Waals surface area contributed by atoms with Crippen LogP contribution >= 0.6 is 0 Å². The number of benzene rings is 1. The summed E-state index contributed by atoms with van der Waals surface area (Å²) >= 11 is 0. The van der Waals surface area contributed by atoms with Crippen molar-refractivity contribution in [3.05, 3.63) is 60.0 Å². The zero-order valence-corrected chi connectivity index (χ0v) is 14.2. The molecule has 0 aliphatic carbocycles. The van der Waals surface area contributed by atoms with Gasteiger partial charge in [0.05, 0.1) is 12.8 Å². The van der Waals surface area contributed by atoms with E-state index in [0.29, 0.717) is 28.9 Å². The molecule has 0 aliphatic rings. The molecule has 3 rings (SSSR count). The third-order valence-electron chi connectivity index (χ3n) is 3.71. The van der Waals surface area contributed by atoms with Gasteiger partial charge in [-0.3, -0.25) is 4.79 Å². The maximum Gasteiger partial charge on any atom is 0.258 e. The lowest BCUT2D eigenvalue weighted by atomic mass is 10.0. The lowest BCUT2D eigenvalue weighted by Gasteiger charge is -2.09. The first-order valence-electron chi connectivity index (χ1n) is 8.11. The Hall–Kier alpha value is -3.02. The number of nitrogens with one attached hydrogen (secondary N) is 1. The first-order chi connectivity index (χ1) is 12.1. The Kier molecular flexibility index (Phi) is 5.18. The van der Waals surface area contributed by atoms with Crippen LogP contribution in [0.3, 0.4) is 0 Å². The van der Waals surface area contributed by atoms with Crippen molar-refractivity contribution < 1.29 is 18.5 Å². The van der Waals surface area contributed by atoms with Crippen molar-refractivity contribution in [2.75, 3.05) is 6.61 Å². The van der Waals surface area contributed by atoms with Gasteiger partial charge in [0.2, 0.25) is 5.76 Å². The molecule has 1 amide bonds. The van der Waals surface area contributed by atoms with E-state index in [4.69, 9.17) is 13.7 Å². The molecule has 130 valence electrons. The fourth-order valence-corrected chi connectivity index (χ4v) is 2.27. The molecule has 1 N–H and O–H groups in total. The second-order valence-corrected chi connectivity index (χ2v) is 5.95. The van der Waals surface area contributed by atoms with Gasteiger partial charge in [0.25, 0.3) is 5.91 Å². The Morgan fingerprint density at radius 3 is 2.68 bits per heavy atom. The number of hydrogen-bond acceptors (Lipinski definition) is 5. The molecule has 0 aliphatic heterocycles. The molecule has 6 heteroatoms. The second kappa shape index (κ2) is 7.70. The van der Waals surface area contributed by atoms with Crippen LogP contribution in [0.5, 0.6) is 5.75 Å². The molecule has 6 nitrogen and oxygen atoms in total. The Bertz CT molecular complexity index is 804. The molecule has 2 aromatic heterocycles. The van der Waals surface area contributed by atoms with E-state index in [0.717, 1.165) is 0 Å². The van der Waals surface area contributed by atoms with E-state index in [1.165, 1.54) is 5.56 Å². The molecular weight excluding hydrogens is 320 g/mol. The summed E-state index contributed by atoms with van der Waals surface area (Å²) in [6.07, 6.45) is 1.56. The predicted octanol–water partition coefficient (Wildman–Crippen LogP) is 3.75. The average Bonchev–Trinajstić information content (AvgIpc) is 3.29. The van der Waals surface area contributed by atoms with E-state index in [-0.39, 0.29) is 19.1 Å². The average molecular weight is 340 g/mol. The van der Waals surface area contributed by atoms with Crippen LogP contribution in [0, 0.1) is 0 Å². The number of amides is 1. The van der Waals surface area contributed by atoms with E-state index >= 15 is 0 Å². The third kappa shape index (κ3) is 4.50. The molecule has 0 saturated carbocycles. The molecule has 2 heterocycles.